The summed E-state index contributed by atoms with van der Waals surface area (Å²) in [4.78, 5) is 34.3. The van der Waals surface area contributed by atoms with Crippen LogP contribution in [0.5, 0.6) is 0 Å². The van der Waals surface area contributed by atoms with E-state index in [1.807, 2.05) is 0 Å². The van der Waals surface area contributed by atoms with Crippen molar-refractivity contribution >= 4 is 23.4 Å². The summed E-state index contributed by atoms with van der Waals surface area (Å²) in [7, 11) is 1.68. The zero-order chi connectivity index (χ0) is 17.0. The van der Waals surface area contributed by atoms with E-state index >= 15 is 0 Å². The number of carbonyl (C=O) groups excluding carboxylic acids is 2. The van der Waals surface area contributed by atoms with Gasteiger partial charge in [0.25, 0.3) is 11.6 Å². The predicted octanol–water partition coefficient (Wildman–Crippen LogP) is 1.76. The molecule has 0 aliphatic heterocycles. The Labute approximate surface area is 131 Å². The Morgan fingerprint density at radius 2 is 2.04 bits per heavy atom. The lowest BCUT2D eigenvalue weighted by atomic mass is 10.1. The number of anilines is 1. The van der Waals surface area contributed by atoms with E-state index in [0.717, 1.165) is 12.1 Å². The summed E-state index contributed by atoms with van der Waals surface area (Å²) in [6.45, 7) is 1.74. The Balaban J connectivity index is 2.34. The van der Waals surface area contributed by atoms with Gasteiger partial charge in [-0.1, -0.05) is 0 Å². The molecule has 0 saturated heterocycles. The largest absolute Gasteiger partial charge is 0.462 e. The van der Waals surface area contributed by atoms with Crippen molar-refractivity contribution in [3.63, 3.8) is 0 Å². The molecule has 0 aliphatic carbocycles. The topological polar surface area (TPSA) is 116 Å². The summed E-state index contributed by atoms with van der Waals surface area (Å²) >= 11 is 0. The van der Waals surface area contributed by atoms with Gasteiger partial charge in [-0.05, 0) is 13.0 Å². The number of nitro benzene ring substituents is 1. The third-order valence-electron chi connectivity index (χ3n) is 2.86. The molecule has 1 heterocycles. The van der Waals surface area contributed by atoms with Gasteiger partial charge in [-0.2, -0.15) is 5.10 Å². The highest BCUT2D eigenvalue weighted by Gasteiger charge is 2.19. The summed E-state index contributed by atoms with van der Waals surface area (Å²) < 4.78 is 6.30. The molecule has 9 nitrogen and oxygen atoms in total. The lowest BCUT2D eigenvalue weighted by Crippen LogP contribution is -2.14. The fourth-order valence-electron chi connectivity index (χ4n) is 1.85. The van der Waals surface area contributed by atoms with E-state index in [9.17, 15) is 19.7 Å². The molecule has 0 atom stereocenters. The molecule has 0 spiro atoms. The van der Waals surface area contributed by atoms with Gasteiger partial charge < -0.3 is 10.1 Å². The van der Waals surface area contributed by atoms with E-state index in [1.165, 1.54) is 10.7 Å². The normalized spacial score (nSPS) is 10.2. The van der Waals surface area contributed by atoms with Gasteiger partial charge in [-0.25, -0.2) is 4.79 Å². The van der Waals surface area contributed by atoms with E-state index in [2.05, 4.69) is 10.4 Å². The monoisotopic (exact) mass is 318 g/mol. The van der Waals surface area contributed by atoms with E-state index in [0.29, 0.717) is 5.82 Å². The predicted molar refractivity (Wildman–Crippen MR) is 80.2 cm³/mol. The number of hydrogen-bond donors (Lipinski definition) is 1. The molecule has 2 aromatic rings. The molecule has 0 fully saturated rings. The van der Waals surface area contributed by atoms with Crippen LogP contribution in [0.25, 0.3) is 0 Å². The van der Waals surface area contributed by atoms with Crippen LogP contribution in [0.4, 0.5) is 11.5 Å². The van der Waals surface area contributed by atoms with Gasteiger partial charge in [0.2, 0.25) is 0 Å². The highest BCUT2D eigenvalue weighted by molar-refractivity contribution is 6.05. The fraction of sp³-hybridized carbons (Fsp3) is 0.214. The van der Waals surface area contributed by atoms with Crippen LogP contribution in [-0.4, -0.2) is 33.2 Å². The first-order chi connectivity index (χ1) is 10.9. The standard InChI is InChI=1S/C14H14N4O5/c1-3-23-14(20)10-6-9(7-11(8-10)18(21)22)13(19)15-12-4-5-17(2)16-12/h4-8H,3H2,1-2H3,(H,15,16,19). The lowest BCUT2D eigenvalue weighted by Gasteiger charge is -2.06. The van der Waals surface area contributed by atoms with Crippen molar-refractivity contribution in [1.29, 1.82) is 0 Å². The van der Waals surface area contributed by atoms with Gasteiger partial charge in [0.05, 0.1) is 17.1 Å². The van der Waals surface area contributed by atoms with Crippen molar-refractivity contribution < 1.29 is 19.2 Å². The van der Waals surface area contributed by atoms with Crippen molar-refractivity contribution in [3.05, 3.63) is 51.7 Å². The first-order valence-electron chi connectivity index (χ1n) is 6.68. The number of esters is 1. The summed E-state index contributed by atoms with van der Waals surface area (Å²) in [6.07, 6.45) is 1.63. The second kappa shape index (κ2) is 6.69. The maximum Gasteiger partial charge on any atom is 0.338 e. The number of rotatable bonds is 5. The number of carbonyl (C=O) groups is 2. The minimum Gasteiger partial charge on any atom is -0.462 e. The van der Waals surface area contributed by atoms with Crippen LogP contribution < -0.4 is 5.32 Å². The highest BCUT2D eigenvalue weighted by Crippen LogP contribution is 2.19. The Morgan fingerprint density at radius 3 is 2.61 bits per heavy atom. The molecule has 120 valence electrons. The van der Waals surface area contributed by atoms with E-state index < -0.39 is 16.8 Å². The number of amides is 1. The van der Waals surface area contributed by atoms with Gasteiger partial charge in [0.1, 0.15) is 0 Å². The van der Waals surface area contributed by atoms with Crippen molar-refractivity contribution in [1.82, 2.24) is 9.78 Å². The van der Waals surface area contributed by atoms with Crippen molar-refractivity contribution in [2.45, 2.75) is 6.92 Å². The quantitative estimate of drug-likeness (QED) is 0.510. The third-order valence-corrected chi connectivity index (χ3v) is 2.86. The molecule has 1 amide bonds. The maximum absolute atomic E-state index is 12.2. The Hall–Kier alpha value is -3.23. The number of aryl methyl sites for hydroxylation is 1. The number of benzene rings is 1. The number of ether oxygens (including phenoxy) is 1. The van der Waals surface area contributed by atoms with Crippen molar-refractivity contribution in [2.24, 2.45) is 7.05 Å². The van der Waals surface area contributed by atoms with Crippen LogP contribution in [0.2, 0.25) is 0 Å². The molecule has 0 radical (unpaired) electrons. The molecular formula is C14H14N4O5. The minimum absolute atomic E-state index is 0.0343. The number of aromatic nitrogens is 2. The molecule has 1 N–H and O–H groups in total. The molecule has 9 heteroatoms. The molecule has 2 rings (SSSR count). The number of nitrogens with one attached hydrogen (secondary N) is 1. The Morgan fingerprint density at radius 1 is 1.35 bits per heavy atom. The SMILES string of the molecule is CCOC(=O)c1cc(C(=O)Nc2ccn(C)n2)cc([N+](=O)[O-])c1. The van der Waals surface area contributed by atoms with Gasteiger partial charge in [0.15, 0.2) is 5.82 Å². The average Bonchev–Trinajstić information content (AvgIpc) is 2.92. The molecule has 0 unspecified atom stereocenters. The second-order valence-corrected chi connectivity index (χ2v) is 4.57. The first-order valence-corrected chi connectivity index (χ1v) is 6.68. The van der Waals surface area contributed by atoms with Crippen LogP contribution >= 0.6 is 0 Å². The molecular weight excluding hydrogens is 304 g/mol. The van der Waals surface area contributed by atoms with Gasteiger partial charge >= 0.3 is 5.97 Å². The van der Waals surface area contributed by atoms with Crippen molar-refractivity contribution in [2.75, 3.05) is 11.9 Å². The molecule has 0 bridgehead atoms. The fourth-order valence-corrected chi connectivity index (χ4v) is 1.85. The molecule has 0 aliphatic rings. The molecule has 23 heavy (non-hydrogen) atoms. The summed E-state index contributed by atoms with van der Waals surface area (Å²) in [5.74, 6) is -1.05. The zero-order valence-electron chi connectivity index (χ0n) is 12.5. The van der Waals surface area contributed by atoms with Crippen LogP contribution in [0.3, 0.4) is 0 Å². The van der Waals surface area contributed by atoms with Crippen LogP contribution in [0.1, 0.15) is 27.6 Å². The average molecular weight is 318 g/mol. The molecule has 1 aromatic heterocycles. The summed E-state index contributed by atoms with van der Waals surface area (Å²) in [5.41, 5.74) is -0.471. The first kappa shape index (κ1) is 16.1. The van der Waals surface area contributed by atoms with Crippen LogP contribution in [0.15, 0.2) is 30.5 Å². The van der Waals surface area contributed by atoms with Gasteiger partial charge in [-0.15, -0.1) is 0 Å². The van der Waals surface area contributed by atoms with E-state index in [1.54, 1.807) is 26.2 Å². The van der Waals surface area contributed by atoms with E-state index in [4.69, 9.17) is 4.74 Å². The lowest BCUT2D eigenvalue weighted by molar-refractivity contribution is -0.384. The number of nitrogens with zero attached hydrogens (tertiary/aromatic N) is 3. The summed E-state index contributed by atoms with van der Waals surface area (Å²) in [6, 6.07) is 4.96. The number of non-ortho nitro benzene ring substituents is 1. The summed E-state index contributed by atoms with van der Waals surface area (Å²) in [5, 5.41) is 17.5. The zero-order valence-corrected chi connectivity index (χ0v) is 12.5. The number of nitro groups is 1. The second-order valence-electron chi connectivity index (χ2n) is 4.57. The minimum atomic E-state index is -0.733. The Bertz CT molecular complexity index is 768. The van der Waals surface area contributed by atoms with Crippen LogP contribution in [0, 0.1) is 10.1 Å². The molecule has 1 aromatic carbocycles. The number of hydrogen-bond acceptors (Lipinski definition) is 6. The third kappa shape index (κ3) is 3.90. The van der Waals surface area contributed by atoms with Gasteiger partial charge in [0, 0.05) is 37.0 Å². The molecule has 0 saturated carbocycles. The highest BCUT2D eigenvalue weighted by atomic mass is 16.6. The van der Waals surface area contributed by atoms with Gasteiger partial charge in [-0.3, -0.25) is 19.6 Å². The Kier molecular flexibility index (Phi) is 4.69. The maximum atomic E-state index is 12.2. The smallest absolute Gasteiger partial charge is 0.338 e. The van der Waals surface area contributed by atoms with E-state index in [-0.39, 0.29) is 23.4 Å². The van der Waals surface area contributed by atoms with Crippen LogP contribution in [-0.2, 0) is 11.8 Å². The van der Waals surface area contributed by atoms with Crippen molar-refractivity contribution in [3.8, 4) is 0 Å².